The zero-order valence-corrected chi connectivity index (χ0v) is 19.8. The smallest absolute Gasteiger partial charge is 0.260 e. The van der Waals surface area contributed by atoms with E-state index in [9.17, 15) is 12.8 Å². The maximum atomic E-state index is 14.8. The fourth-order valence-electron chi connectivity index (χ4n) is 3.85. The number of likely N-dealkylation sites (N-methyl/N-ethyl adjacent to an activating group) is 1. The number of aromatic nitrogens is 4. The second-order valence-corrected chi connectivity index (χ2v) is 10.2. The summed E-state index contributed by atoms with van der Waals surface area (Å²) in [5.74, 6) is -0.197. The average molecular weight is 498 g/mol. The number of aliphatic hydroxyl groups is 1. The minimum atomic E-state index is -3.72. The van der Waals surface area contributed by atoms with Crippen LogP contribution in [-0.2, 0) is 16.6 Å². The maximum Gasteiger partial charge on any atom is 0.260 e. The Morgan fingerprint density at radius 3 is 2.60 bits per heavy atom. The number of hydrogen-bond acceptors (Lipinski definition) is 8. The Morgan fingerprint density at radius 2 is 1.89 bits per heavy atom. The third-order valence-corrected chi connectivity index (χ3v) is 7.70. The lowest BCUT2D eigenvalue weighted by Gasteiger charge is -2.31. The van der Waals surface area contributed by atoms with Crippen LogP contribution in [0.15, 0.2) is 59.9 Å². The van der Waals surface area contributed by atoms with Crippen LogP contribution in [0.25, 0.3) is 16.6 Å². The van der Waals surface area contributed by atoms with Gasteiger partial charge >= 0.3 is 0 Å². The van der Waals surface area contributed by atoms with Gasteiger partial charge in [0.05, 0.1) is 29.2 Å². The van der Waals surface area contributed by atoms with E-state index in [1.807, 2.05) is 7.05 Å². The first-order valence-electron chi connectivity index (χ1n) is 11.0. The van der Waals surface area contributed by atoms with Crippen LogP contribution in [0.5, 0.6) is 0 Å². The topological polar surface area (TPSA) is 116 Å². The molecule has 2 N–H and O–H groups in total. The number of rotatable bonds is 6. The van der Waals surface area contributed by atoms with Crippen LogP contribution in [0.1, 0.15) is 5.69 Å². The normalized spacial score (nSPS) is 15.5. The first kappa shape index (κ1) is 23.3. The minimum Gasteiger partial charge on any atom is -0.390 e. The van der Waals surface area contributed by atoms with Crippen LogP contribution in [0, 0.1) is 5.82 Å². The molecule has 4 heterocycles. The van der Waals surface area contributed by atoms with E-state index in [2.05, 4.69) is 25.3 Å². The second kappa shape index (κ2) is 9.30. The summed E-state index contributed by atoms with van der Waals surface area (Å²) in [4.78, 5) is 10.8. The molecule has 1 aliphatic heterocycles. The number of nitrogens with one attached hydrogen (secondary N) is 1. The molecule has 4 aromatic rings. The van der Waals surface area contributed by atoms with Crippen molar-refractivity contribution in [3.05, 3.63) is 66.4 Å². The fourth-order valence-corrected chi connectivity index (χ4v) is 5.21. The van der Waals surface area contributed by atoms with Crippen molar-refractivity contribution < 1.29 is 17.9 Å². The van der Waals surface area contributed by atoms with Crippen LogP contribution in [-0.4, -0.2) is 75.7 Å². The number of aliphatic hydroxyl groups excluding tert-OH is 1. The molecule has 0 radical (unpaired) electrons. The molecule has 1 saturated heterocycles. The molecule has 0 amide bonds. The Kier molecular flexibility index (Phi) is 6.19. The number of anilines is 2. The van der Waals surface area contributed by atoms with Crippen molar-refractivity contribution in [2.24, 2.45) is 0 Å². The highest BCUT2D eigenvalue weighted by Gasteiger charge is 2.28. The van der Waals surface area contributed by atoms with Crippen LogP contribution in [0.2, 0.25) is 0 Å². The van der Waals surface area contributed by atoms with Gasteiger partial charge in [-0.2, -0.15) is 9.40 Å². The van der Waals surface area contributed by atoms with E-state index in [1.165, 1.54) is 21.1 Å². The molecule has 1 fully saturated rings. The van der Waals surface area contributed by atoms with Crippen molar-refractivity contribution in [2.45, 2.75) is 11.6 Å². The number of halogens is 1. The predicted molar refractivity (Wildman–Crippen MR) is 129 cm³/mol. The summed E-state index contributed by atoms with van der Waals surface area (Å²) < 4.78 is 43.9. The maximum absolute atomic E-state index is 14.8. The number of nitrogens with zero attached hydrogens (tertiary/aromatic N) is 6. The van der Waals surface area contributed by atoms with E-state index in [0.29, 0.717) is 54.3 Å². The van der Waals surface area contributed by atoms with Gasteiger partial charge < -0.3 is 15.3 Å². The molecule has 0 saturated carbocycles. The van der Waals surface area contributed by atoms with Gasteiger partial charge in [0.1, 0.15) is 11.6 Å². The molecule has 0 spiro atoms. The largest absolute Gasteiger partial charge is 0.390 e. The molecule has 10 nitrogen and oxygen atoms in total. The van der Waals surface area contributed by atoms with Gasteiger partial charge in [0.25, 0.3) is 10.0 Å². The number of benzene rings is 1. The molecular weight excluding hydrogens is 473 g/mol. The SMILES string of the molecule is CN1CCN(S(=O)(=O)c2ccc3cnc(Nc4ccc(-n5ccc(CO)n5)cc4F)cc3n2)CC1. The highest BCUT2D eigenvalue weighted by molar-refractivity contribution is 7.89. The molecule has 0 atom stereocenters. The van der Waals surface area contributed by atoms with Gasteiger partial charge in [0.15, 0.2) is 5.03 Å². The van der Waals surface area contributed by atoms with Crippen molar-refractivity contribution in [2.75, 3.05) is 38.5 Å². The number of pyridine rings is 2. The summed E-state index contributed by atoms with van der Waals surface area (Å²) in [5.41, 5.74) is 1.60. The molecular formula is C23H24FN7O3S. The lowest BCUT2D eigenvalue weighted by Crippen LogP contribution is -2.47. The van der Waals surface area contributed by atoms with Crippen LogP contribution in [0.4, 0.5) is 15.9 Å². The Morgan fingerprint density at radius 1 is 1.09 bits per heavy atom. The van der Waals surface area contributed by atoms with Crippen molar-refractivity contribution >= 4 is 32.4 Å². The summed E-state index contributed by atoms with van der Waals surface area (Å²) in [5, 5.41) is 16.9. The van der Waals surface area contributed by atoms with Crippen molar-refractivity contribution in [1.29, 1.82) is 0 Å². The van der Waals surface area contributed by atoms with Gasteiger partial charge in [0.2, 0.25) is 0 Å². The quantitative estimate of drug-likeness (QED) is 0.416. The monoisotopic (exact) mass is 497 g/mol. The van der Waals surface area contributed by atoms with Gasteiger partial charge in [-0.3, -0.25) is 0 Å². The van der Waals surface area contributed by atoms with Crippen molar-refractivity contribution in [3.8, 4) is 5.69 Å². The van der Waals surface area contributed by atoms with Gasteiger partial charge in [-0.05, 0) is 37.4 Å². The van der Waals surface area contributed by atoms with Gasteiger partial charge in [-0.15, -0.1) is 0 Å². The van der Waals surface area contributed by atoms with Crippen LogP contribution >= 0.6 is 0 Å². The third-order valence-electron chi connectivity index (χ3n) is 5.90. The Balaban J connectivity index is 1.39. The molecule has 5 rings (SSSR count). The second-order valence-electron chi connectivity index (χ2n) is 8.32. The average Bonchev–Trinajstić information content (AvgIpc) is 3.34. The number of piperazine rings is 1. The highest BCUT2D eigenvalue weighted by Crippen LogP contribution is 2.25. The molecule has 35 heavy (non-hydrogen) atoms. The van der Waals surface area contributed by atoms with E-state index < -0.39 is 15.8 Å². The van der Waals surface area contributed by atoms with Crippen LogP contribution in [0.3, 0.4) is 0 Å². The number of fused-ring (bicyclic) bond motifs is 1. The van der Waals surface area contributed by atoms with Crippen LogP contribution < -0.4 is 5.32 Å². The standard InChI is InChI=1S/C23H24FN7O3S/c1-29-8-10-30(11-9-29)35(33,34)23-5-2-16-14-25-22(13-21(16)27-23)26-20-4-3-18(12-19(20)24)31-7-6-17(15-32)28-31/h2-7,12-14,32H,8-11,15H2,1H3,(H,25,26). The third kappa shape index (κ3) is 4.73. The molecule has 182 valence electrons. The lowest BCUT2D eigenvalue weighted by molar-refractivity contribution is 0.222. The first-order chi connectivity index (χ1) is 16.8. The summed E-state index contributed by atoms with van der Waals surface area (Å²) in [7, 11) is -1.76. The Labute approximate surface area is 201 Å². The van der Waals surface area contributed by atoms with E-state index in [-0.39, 0.29) is 17.3 Å². The summed E-state index contributed by atoms with van der Waals surface area (Å²) in [6.07, 6.45) is 3.20. The van der Waals surface area contributed by atoms with Gasteiger partial charge in [-0.1, -0.05) is 0 Å². The number of hydrogen-bond donors (Lipinski definition) is 2. The van der Waals surface area contributed by atoms with Gasteiger partial charge in [-0.25, -0.2) is 27.5 Å². The summed E-state index contributed by atoms with van der Waals surface area (Å²) in [6, 6.07) is 10.9. The number of sulfonamides is 1. The van der Waals surface area contributed by atoms with Crippen molar-refractivity contribution in [1.82, 2.24) is 29.0 Å². The predicted octanol–water partition coefficient (Wildman–Crippen LogP) is 2.13. The zero-order chi connectivity index (χ0) is 24.6. The molecule has 1 aliphatic rings. The van der Waals surface area contributed by atoms with E-state index >= 15 is 0 Å². The first-order valence-corrected chi connectivity index (χ1v) is 12.5. The summed E-state index contributed by atoms with van der Waals surface area (Å²) in [6.45, 7) is 1.96. The molecule has 0 aliphatic carbocycles. The van der Waals surface area contributed by atoms with E-state index in [4.69, 9.17) is 5.11 Å². The lowest BCUT2D eigenvalue weighted by atomic mass is 10.2. The van der Waals surface area contributed by atoms with Crippen molar-refractivity contribution in [3.63, 3.8) is 0 Å². The Bertz CT molecular complexity index is 1480. The molecule has 0 unspecified atom stereocenters. The molecule has 12 heteroatoms. The Hall–Kier alpha value is -3.45. The minimum absolute atomic E-state index is 0.0243. The molecule has 0 bridgehead atoms. The van der Waals surface area contributed by atoms with E-state index in [1.54, 1.807) is 42.7 Å². The summed E-state index contributed by atoms with van der Waals surface area (Å²) >= 11 is 0. The van der Waals surface area contributed by atoms with Gasteiger partial charge in [0, 0.05) is 56.1 Å². The molecule has 1 aromatic carbocycles. The fraction of sp³-hybridized carbons (Fsp3) is 0.261. The van der Waals surface area contributed by atoms with E-state index in [0.717, 1.165) is 0 Å². The molecule has 3 aromatic heterocycles. The highest BCUT2D eigenvalue weighted by atomic mass is 32.2. The zero-order valence-electron chi connectivity index (χ0n) is 19.0.